The highest BCUT2D eigenvalue weighted by atomic mass is 35.5. The fourth-order valence-electron chi connectivity index (χ4n) is 6.05. The largest absolute Gasteiger partial charge is 0.336 e. The zero-order chi connectivity index (χ0) is 32.8. The molecule has 9 nitrogen and oxygen atoms in total. The molecule has 2 aliphatic rings. The third-order valence-corrected chi connectivity index (χ3v) is 10.5. The average molecular weight is 672 g/mol. The van der Waals surface area contributed by atoms with E-state index in [-0.39, 0.29) is 38.5 Å². The molecule has 2 heterocycles. The normalized spacial score (nSPS) is 16.2. The number of hydrogen-bond acceptors (Lipinski definition) is 6. The Bertz CT molecular complexity index is 1810. The number of carbonyl (C=O) groups excluding carboxylic acids is 2. The average Bonchev–Trinajstić information content (AvgIpc) is 3.09. The maximum atomic E-state index is 13.7. The van der Waals surface area contributed by atoms with Crippen molar-refractivity contribution in [1.82, 2.24) is 19.6 Å². The van der Waals surface area contributed by atoms with Crippen LogP contribution in [0, 0.1) is 0 Å². The van der Waals surface area contributed by atoms with E-state index in [1.54, 1.807) is 40.1 Å². The van der Waals surface area contributed by atoms with Crippen molar-refractivity contribution in [3.05, 3.63) is 130 Å². The van der Waals surface area contributed by atoms with Gasteiger partial charge in [-0.25, -0.2) is 8.42 Å². The van der Waals surface area contributed by atoms with Gasteiger partial charge >= 0.3 is 0 Å². The van der Waals surface area contributed by atoms with E-state index in [0.717, 1.165) is 13.1 Å². The zero-order valence-electron chi connectivity index (χ0n) is 26.1. The molecule has 0 radical (unpaired) electrons. The first-order valence-electron chi connectivity index (χ1n) is 15.8. The number of rotatable bonds is 9. The van der Waals surface area contributed by atoms with Crippen LogP contribution in [0.5, 0.6) is 0 Å². The molecule has 6 rings (SSSR count). The molecule has 0 atom stereocenters. The number of carbonyl (C=O) groups is 2. The van der Waals surface area contributed by atoms with Crippen LogP contribution in [0.4, 0.5) is 5.69 Å². The lowest BCUT2D eigenvalue weighted by Crippen LogP contribution is -2.48. The standard InChI is InChI=1S/C36H38ClN5O4S/c37-32-16-15-30(35(43)41-21-17-39(18-22-41)26-28-9-3-1-4-10-28)25-34(32)47(45,46)38-33-14-8-7-13-31(33)36(44)42-23-19-40(20-24-42)27-29-11-5-2-6-12-29/h1-16,25,38H,17-24,26-27H2. The molecule has 2 amide bonds. The Morgan fingerprint density at radius 1 is 0.617 bits per heavy atom. The van der Waals surface area contributed by atoms with Crippen LogP contribution >= 0.6 is 11.6 Å². The first-order valence-corrected chi connectivity index (χ1v) is 17.7. The molecule has 47 heavy (non-hydrogen) atoms. The first-order chi connectivity index (χ1) is 22.8. The summed E-state index contributed by atoms with van der Waals surface area (Å²) in [6, 6.07) is 31.3. The maximum absolute atomic E-state index is 13.7. The Morgan fingerprint density at radius 2 is 1.11 bits per heavy atom. The lowest BCUT2D eigenvalue weighted by molar-refractivity contribution is 0.0622. The lowest BCUT2D eigenvalue weighted by Gasteiger charge is -2.35. The minimum atomic E-state index is -4.24. The van der Waals surface area contributed by atoms with Crippen LogP contribution in [0.15, 0.2) is 108 Å². The summed E-state index contributed by atoms with van der Waals surface area (Å²) >= 11 is 6.40. The molecule has 0 aromatic heterocycles. The van der Waals surface area contributed by atoms with Gasteiger partial charge in [-0.15, -0.1) is 0 Å². The molecule has 2 saturated heterocycles. The topological polar surface area (TPSA) is 93.3 Å². The number of hydrogen-bond donors (Lipinski definition) is 1. The predicted molar refractivity (Wildman–Crippen MR) is 184 cm³/mol. The number of para-hydroxylation sites is 1. The summed E-state index contributed by atoms with van der Waals surface area (Å²) in [5, 5.41) is -0.0138. The van der Waals surface area contributed by atoms with E-state index >= 15 is 0 Å². The number of nitrogens with one attached hydrogen (secondary N) is 1. The van der Waals surface area contributed by atoms with Crippen molar-refractivity contribution in [2.75, 3.05) is 57.1 Å². The highest BCUT2D eigenvalue weighted by Crippen LogP contribution is 2.28. The van der Waals surface area contributed by atoms with Gasteiger partial charge < -0.3 is 9.80 Å². The summed E-state index contributed by atoms with van der Waals surface area (Å²) in [6.07, 6.45) is 0. The van der Waals surface area contributed by atoms with Crippen molar-refractivity contribution in [2.45, 2.75) is 18.0 Å². The fraction of sp³-hybridized carbons (Fsp3) is 0.278. The Morgan fingerprint density at radius 3 is 1.66 bits per heavy atom. The maximum Gasteiger partial charge on any atom is 0.263 e. The molecule has 0 unspecified atom stereocenters. The van der Waals surface area contributed by atoms with Crippen molar-refractivity contribution >= 4 is 39.1 Å². The number of benzene rings is 4. The molecule has 4 aromatic rings. The van der Waals surface area contributed by atoms with Crippen molar-refractivity contribution in [3.63, 3.8) is 0 Å². The van der Waals surface area contributed by atoms with E-state index in [1.165, 1.54) is 23.3 Å². The Balaban J connectivity index is 1.10. The van der Waals surface area contributed by atoms with Crippen molar-refractivity contribution < 1.29 is 18.0 Å². The molecular formula is C36H38ClN5O4S. The van der Waals surface area contributed by atoms with Gasteiger partial charge in [-0.2, -0.15) is 0 Å². The van der Waals surface area contributed by atoms with Gasteiger partial charge in [0, 0.05) is 71.0 Å². The summed E-state index contributed by atoms with van der Waals surface area (Å²) in [5.74, 6) is -0.497. The van der Waals surface area contributed by atoms with Gasteiger partial charge in [0.05, 0.1) is 16.3 Å². The zero-order valence-corrected chi connectivity index (χ0v) is 27.7. The molecular weight excluding hydrogens is 634 g/mol. The Kier molecular flexibility index (Phi) is 10.2. The number of amides is 2. The summed E-state index contributed by atoms with van der Waals surface area (Å²) in [5.41, 5.74) is 3.09. The molecule has 0 bridgehead atoms. The van der Waals surface area contributed by atoms with Gasteiger partial charge in [0.2, 0.25) is 0 Å². The second kappa shape index (κ2) is 14.7. The Labute approximate surface area is 281 Å². The van der Waals surface area contributed by atoms with Gasteiger partial charge in [-0.3, -0.25) is 24.1 Å². The first kappa shape index (κ1) is 32.7. The van der Waals surface area contributed by atoms with E-state index in [1.807, 2.05) is 36.4 Å². The van der Waals surface area contributed by atoms with E-state index in [0.29, 0.717) is 52.4 Å². The summed E-state index contributed by atoms with van der Waals surface area (Å²) in [7, 11) is -4.24. The lowest BCUT2D eigenvalue weighted by atomic mass is 10.1. The van der Waals surface area contributed by atoms with Crippen molar-refractivity contribution in [2.24, 2.45) is 0 Å². The molecule has 4 aromatic carbocycles. The molecule has 1 N–H and O–H groups in total. The van der Waals surface area contributed by atoms with Crippen LogP contribution in [-0.2, 0) is 23.1 Å². The van der Waals surface area contributed by atoms with Crippen LogP contribution in [-0.4, -0.2) is 92.2 Å². The van der Waals surface area contributed by atoms with Gasteiger partial charge in [0.15, 0.2) is 0 Å². The Hall–Kier alpha value is -4.22. The molecule has 0 saturated carbocycles. The SMILES string of the molecule is O=C(c1ccc(Cl)c(S(=O)(=O)Nc2ccccc2C(=O)N2CCN(Cc3ccccc3)CC2)c1)N1CCN(Cc2ccccc2)CC1. The van der Waals surface area contributed by atoms with Gasteiger partial charge in [0.1, 0.15) is 4.90 Å². The summed E-state index contributed by atoms with van der Waals surface area (Å²) < 4.78 is 30.0. The van der Waals surface area contributed by atoms with Gasteiger partial charge in [-0.1, -0.05) is 84.4 Å². The van der Waals surface area contributed by atoms with E-state index in [9.17, 15) is 18.0 Å². The number of sulfonamides is 1. The van der Waals surface area contributed by atoms with Crippen LogP contribution in [0.3, 0.4) is 0 Å². The van der Waals surface area contributed by atoms with Gasteiger partial charge in [0.25, 0.3) is 21.8 Å². The van der Waals surface area contributed by atoms with Crippen LogP contribution in [0.25, 0.3) is 0 Å². The molecule has 0 aliphatic carbocycles. The summed E-state index contributed by atoms with van der Waals surface area (Å²) in [6.45, 7) is 6.61. The molecule has 11 heteroatoms. The minimum Gasteiger partial charge on any atom is -0.336 e. The minimum absolute atomic E-state index is 0.0138. The van der Waals surface area contributed by atoms with Gasteiger partial charge in [-0.05, 0) is 41.5 Å². The second-order valence-corrected chi connectivity index (χ2v) is 14.0. The van der Waals surface area contributed by atoms with E-state index < -0.39 is 10.0 Å². The fourth-order valence-corrected chi connectivity index (χ4v) is 7.66. The predicted octanol–water partition coefficient (Wildman–Crippen LogP) is 5.06. The smallest absolute Gasteiger partial charge is 0.263 e. The highest BCUT2D eigenvalue weighted by Gasteiger charge is 2.28. The molecule has 0 spiro atoms. The number of piperazine rings is 2. The van der Waals surface area contributed by atoms with Crippen LogP contribution in [0.2, 0.25) is 5.02 Å². The monoisotopic (exact) mass is 671 g/mol. The van der Waals surface area contributed by atoms with E-state index in [2.05, 4.69) is 38.8 Å². The number of halogens is 1. The summed E-state index contributed by atoms with van der Waals surface area (Å²) in [4.78, 5) is 34.9. The molecule has 244 valence electrons. The highest BCUT2D eigenvalue weighted by molar-refractivity contribution is 7.92. The van der Waals surface area contributed by atoms with E-state index in [4.69, 9.17) is 11.6 Å². The van der Waals surface area contributed by atoms with Crippen molar-refractivity contribution in [3.8, 4) is 0 Å². The van der Waals surface area contributed by atoms with Crippen LogP contribution in [0.1, 0.15) is 31.8 Å². The quantitative estimate of drug-likeness (QED) is 0.268. The molecule has 2 aliphatic heterocycles. The third-order valence-electron chi connectivity index (χ3n) is 8.69. The number of nitrogens with zero attached hydrogens (tertiary/aromatic N) is 4. The van der Waals surface area contributed by atoms with Crippen LogP contribution < -0.4 is 4.72 Å². The third kappa shape index (κ3) is 8.02. The molecule has 2 fully saturated rings. The van der Waals surface area contributed by atoms with Crippen molar-refractivity contribution in [1.29, 1.82) is 0 Å². The second-order valence-electron chi connectivity index (χ2n) is 11.9. The number of anilines is 1.